The third-order valence-electron chi connectivity index (χ3n) is 2.63. The van der Waals surface area contributed by atoms with Crippen LogP contribution in [-0.4, -0.2) is 25.9 Å². The molecule has 0 saturated carbocycles. The molecule has 0 aromatic heterocycles. The molecule has 3 heteroatoms. The molecule has 0 fully saturated rings. The molecular formula is C13H16O2Se. The summed E-state index contributed by atoms with van der Waals surface area (Å²) in [5.74, 6) is 0.428. The van der Waals surface area contributed by atoms with Crippen molar-refractivity contribution in [1.29, 1.82) is 0 Å². The van der Waals surface area contributed by atoms with E-state index in [0.29, 0.717) is 11.5 Å². The van der Waals surface area contributed by atoms with Gasteiger partial charge in [-0.15, -0.1) is 0 Å². The molecule has 0 bridgehead atoms. The molecule has 1 aromatic carbocycles. The number of rotatable bonds is 5. The number of hydrogen-bond acceptors (Lipinski definition) is 2. The van der Waals surface area contributed by atoms with Crippen LogP contribution in [0.15, 0.2) is 24.3 Å². The monoisotopic (exact) mass is 284 g/mol. The zero-order valence-corrected chi connectivity index (χ0v) is 11.5. The Morgan fingerprint density at radius 1 is 1.25 bits per heavy atom. The van der Waals surface area contributed by atoms with Crippen molar-refractivity contribution in [3.63, 3.8) is 0 Å². The van der Waals surface area contributed by atoms with E-state index in [4.69, 9.17) is 0 Å². The van der Waals surface area contributed by atoms with Crippen molar-refractivity contribution in [3.8, 4) is 0 Å². The summed E-state index contributed by atoms with van der Waals surface area (Å²) in [6, 6.07) is 7.32. The summed E-state index contributed by atoms with van der Waals surface area (Å²) in [7, 11) is 0. The van der Waals surface area contributed by atoms with Crippen LogP contribution in [0.2, 0.25) is 0 Å². The number of carbonyl (C=O) groups is 2. The summed E-state index contributed by atoms with van der Waals surface area (Å²) in [5, 5.41) is 0. The van der Waals surface area contributed by atoms with Crippen LogP contribution in [0.5, 0.6) is 0 Å². The van der Waals surface area contributed by atoms with E-state index in [1.807, 2.05) is 39.0 Å². The molecule has 1 atom stereocenters. The van der Waals surface area contributed by atoms with Crippen LogP contribution < -0.4 is 4.46 Å². The van der Waals surface area contributed by atoms with Gasteiger partial charge in [0.1, 0.15) is 0 Å². The van der Waals surface area contributed by atoms with Gasteiger partial charge < -0.3 is 0 Å². The van der Waals surface area contributed by atoms with E-state index < -0.39 is 0 Å². The van der Waals surface area contributed by atoms with Crippen molar-refractivity contribution >= 4 is 30.4 Å². The van der Waals surface area contributed by atoms with E-state index >= 15 is 0 Å². The van der Waals surface area contributed by atoms with Crippen molar-refractivity contribution in [2.24, 2.45) is 11.8 Å². The van der Waals surface area contributed by atoms with Gasteiger partial charge in [0.05, 0.1) is 0 Å². The Bertz CT molecular complexity index is 385. The van der Waals surface area contributed by atoms with Crippen molar-refractivity contribution < 1.29 is 9.59 Å². The second-order valence-corrected chi connectivity index (χ2v) is 6.30. The van der Waals surface area contributed by atoms with Gasteiger partial charge in [0, 0.05) is 0 Å². The van der Waals surface area contributed by atoms with Crippen LogP contribution in [-0.2, 0) is 4.79 Å². The van der Waals surface area contributed by atoms with Crippen molar-refractivity contribution in [2.45, 2.75) is 20.8 Å². The maximum absolute atomic E-state index is 11.9. The van der Waals surface area contributed by atoms with Crippen LogP contribution in [0, 0.1) is 11.8 Å². The van der Waals surface area contributed by atoms with E-state index in [2.05, 4.69) is 0 Å². The summed E-state index contributed by atoms with van der Waals surface area (Å²) in [6.07, 6.45) is 0.824. The van der Waals surface area contributed by atoms with Crippen molar-refractivity contribution in [1.82, 2.24) is 0 Å². The van der Waals surface area contributed by atoms with Gasteiger partial charge in [-0.1, -0.05) is 0 Å². The van der Waals surface area contributed by atoms with E-state index in [1.54, 1.807) is 6.07 Å². The van der Waals surface area contributed by atoms with E-state index in [-0.39, 0.29) is 25.6 Å². The molecule has 0 amide bonds. The van der Waals surface area contributed by atoms with Crippen LogP contribution in [0.3, 0.4) is 0 Å². The Morgan fingerprint density at radius 3 is 2.44 bits per heavy atom. The third kappa shape index (κ3) is 3.29. The molecule has 1 rings (SSSR count). The minimum absolute atomic E-state index is 0.0692. The molecule has 1 aromatic rings. The van der Waals surface area contributed by atoms with Gasteiger partial charge >= 0.3 is 102 Å². The summed E-state index contributed by atoms with van der Waals surface area (Å²) < 4.78 is 1.15. The molecular weight excluding hydrogens is 267 g/mol. The molecule has 16 heavy (non-hydrogen) atoms. The number of aldehydes is 1. The number of benzene rings is 1. The first-order valence-corrected chi connectivity index (χ1v) is 7.03. The quantitative estimate of drug-likeness (QED) is 0.608. The second-order valence-electron chi connectivity index (χ2n) is 4.11. The van der Waals surface area contributed by atoms with Gasteiger partial charge in [-0.2, -0.15) is 0 Å². The van der Waals surface area contributed by atoms with Gasteiger partial charge in [-0.25, -0.2) is 0 Å². The maximum atomic E-state index is 11.9. The Kier molecular flexibility index (Phi) is 4.91. The number of carbonyl (C=O) groups excluding carboxylic acids is 2. The van der Waals surface area contributed by atoms with Gasteiger partial charge in [-0.05, 0) is 0 Å². The molecule has 0 N–H and O–H groups in total. The Hall–Kier alpha value is -0.921. The molecule has 0 aliphatic rings. The first-order chi connectivity index (χ1) is 7.56. The average molecular weight is 283 g/mol. The van der Waals surface area contributed by atoms with Gasteiger partial charge in [0.25, 0.3) is 0 Å². The second kappa shape index (κ2) is 5.97. The minimum atomic E-state index is -0.249. The Labute approximate surface area is 103 Å². The van der Waals surface area contributed by atoms with Crippen LogP contribution in [0.25, 0.3) is 0 Å². The molecule has 0 radical (unpaired) electrons. The van der Waals surface area contributed by atoms with E-state index in [0.717, 1.165) is 10.7 Å². The number of hydrogen-bond donors (Lipinski definition) is 0. The standard InChI is InChI=1S/C13H16O2Se/c1-9(2)10(3)13(15)16-12-7-5-4-6-11(12)8-14/h4-10H,1-3H3/t10-/m0/s1. The normalized spacial score (nSPS) is 12.5. The molecule has 0 unspecified atom stereocenters. The average Bonchev–Trinajstić information content (AvgIpc) is 2.28. The topological polar surface area (TPSA) is 34.1 Å². The third-order valence-corrected chi connectivity index (χ3v) is 5.07. The van der Waals surface area contributed by atoms with Gasteiger partial charge in [0.15, 0.2) is 0 Å². The molecule has 86 valence electrons. The van der Waals surface area contributed by atoms with Crippen LogP contribution in [0.1, 0.15) is 31.1 Å². The fourth-order valence-electron chi connectivity index (χ4n) is 1.14. The molecule has 0 heterocycles. The van der Waals surface area contributed by atoms with Crippen molar-refractivity contribution in [3.05, 3.63) is 29.8 Å². The molecule has 0 aliphatic heterocycles. The SMILES string of the molecule is CC(C)[C@H](C)C(=O)[Se]c1ccccc1C=O. The van der Waals surface area contributed by atoms with E-state index in [9.17, 15) is 9.59 Å². The van der Waals surface area contributed by atoms with Crippen LogP contribution >= 0.6 is 0 Å². The Balaban J connectivity index is 2.80. The summed E-state index contributed by atoms with van der Waals surface area (Å²) in [4.78, 5) is 22.7. The predicted octanol–water partition coefficient (Wildman–Crippen LogP) is 1.65. The predicted molar refractivity (Wildman–Crippen MR) is 66.2 cm³/mol. The summed E-state index contributed by atoms with van der Waals surface area (Å²) >= 11 is -0.249. The molecule has 0 saturated heterocycles. The summed E-state index contributed by atoms with van der Waals surface area (Å²) in [6.45, 7) is 6.05. The molecule has 2 nitrogen and oxygen atoms in total. The molecule has 0 spiro atoms. The summed E-state index contributed by atoms with van der Waals surface area (Å²) in [5.41, 5.74) is 0.645. The van der Waals surface area contributed by atoms with E-state index in [1.165, 1.54) is 0 Å². The molecule has 0 aliphatic carbocycles. The van der Waals surface area contributed by atoms with Gasteiger partial charge in [-0.3, -0.25) is 0 Å². The first-order valence-electron chi connectivity index (χ1n) is 5.32. The van der Waals surface area contributed by atoms with Crippen LogP contribution in [0.4, 0.5) is 0 Å². The Morgan fingerprint density at radius 2 is 1.88 bits per heavy atom. The zero-order chi connectivity index (χ0) is 12.1. The zero-order valence-electron chi connectivity index (χ0n) is 9.77. The van der Waals surface area contributed by atoms with Gasteiger partial charge in [0.2, 0.25) is 0 Å². The van der Waals surface area contributed by atoms with Crippen molar-refractivity contribution in [2.75, 3.05) is 0 Å². The fraction of sp³-hybridized carbons (Fsp3) is 0.385. The fourth-order valence-corrected chi connectivity index (χ4v) is 3.36. The first kappa shape index (κ1) is 13.1.